The largest absolute Gasteiger partial charge is 0.397 e. The normalized spacial score (nSPS) is 11.3. The first kappa shape index (κ1) is 14.9. The number of hydrogen-bond acceptors (Lipinski definition) is 3. The smallest absolute Gasteiger partial charge is 0.261 e. The Kier molecular flexibility index (Phi) is 4.06. The third kappa shape index (κ3) is 3.13. The molecule has 0 unspecified atom stereocenters. The number of nitrogen functional groups attached to an aromatic ring is 1. The van der Waals surface area contributed by atoms with Gasteiger partial charge in [0.05, 0.1) is 16.3 Å². The zero-order valence-corrected chi connectivity index (χ0v) is 13.5. The average Bonchev–Trinajstić information content (AvgIpc) is 2.34. The number of halogens is 1. The Morgan fingerprint density at radius 3 is 2.25 bits per heavy atom. The molecule has 4 nitrogen and oxygen atoms in total. The summed E-state index contributed by atoms with van der Waals surface area (Å²) < 4.78 is 28.0. The predicted octanol–water partition coefficient (Wildman–Crippen LogP) is 3.45. The Morgan fingerprint density at radius 1 is 1.10 bits per heavy atom. The number of benzene rings is 2. The van der Waals surface area contributed by atoms with Crippen LogP contribution in [0.1, 0.15) is 11.1 Å². The van der Waals surface area contributed by atoms with E-state index in [-0.39, 0.29) is 4.90 Å². The van der Waals surface area contributed by atoms with Crippen LogP contribution in [-0.2, 0) is 10.0 Å². The van der Waals surface area contributed by atoms with Crippen molar-refractivity contribution in [3.8, 4) is 0 Å². The molecule has 0 heterocycles. The second kappa shape index (κ2) is 5.46. The van der Waals surface area contributed by atoms with Crippen LogP contribution in [0.2, 0.25) is 0 Å². The summed E-state index contributed by atoms with van der Waals surface area (Å²) in [4.78, 5) is 0.213. The van der Waals surface area contributed by atoms with Crippen molar-refractivity contribution in [1.29, 1.82) is 0 Å². The van der Waals surface area contributed by atoms with Crippen LogP contribution >= 0.6 is 15.9 Å². The maximum absolute atomic E-state index is 12.3. The third-order valence-electron chi connectivity index (χ3n) is 2.90. The van der Waals surface area contributed by atoms with Gasteiger partial charge in [0.1, 0.15) is 0 Å². The van der Waals surface area contributed by atoms with Crippen molar-refractivity contribution in [2.45, 2.75) is 18.7 Å². The molecule has 0 aromatic heterocycles. The van der Waals surface area contributed by atoms with Crippen molar-refractivity contribution >= 4 is 37.3 Å². The summed E-state index contributed by atoms with van der Waals surface area (Å²) in [5.41, 5.74) is 8.43. The van der Waals surface area contributed by atoms with E-state index in [1.807, 2.05) is 13.0 Å². The fourth-order valence-corrected chi connectivity index (χ4v) is 3.57. The summed E-state index contributed by atoms with van der Waals surface area (Å²) in [6.07, 6.45) is 0. The van der Waals surface area contributed by atoms with Crippen molar-refractivity contribution in [1.82, 2.24) is 0 Å². The van der Waals surface area contributed by atoms with Crippen molar-refractivity contribution in [2.75, 3.05) is 10.5 Å². The van der Waals surface area contributed by atoms with Crippen LogP contribution in [0, 0.1) is 13.8 Å². The molecule has 0 spiro atoms. The van der Waals surface area contributed by atoms with Gasteiger partial charge in [-0.1, -0.05) is 33.6 Å². The first-order valence-electron chi connectivity index (χ1n) is 5.95. The van der Waals surface area contributed by atoms with E-state index < -0.39 is 10.0 Å². The predicted molar refractivity (Wildman–Crippen MR) is 85.3 cm³/mol. The van der Waals surface area contributed by atoms with Gasteiger partial charge >= 0.3 is 0 Å². The van der Waals surface area contributed by atoms with E-state index >= 15 is 0 Å². The molecule has 0 amide bonds. The molecule has 0 aliphatic heterocycles. The van der Waals surface area contributed by atoms with Gasteiger partial charge in [0, 0.05) is 4.47 Å². The molecule has 106 valence electrons. The minimum Gasteiger partial charge on any atom is -0.397 e. The van der Waals surface area contributed by atoms with Gasteiger partial charge in [-0.25, -0.2) is 8.42 Å². The Balaban J connectivity index is 2.41. The molecule has 0 fully saturated rings. The molecule has 0 bridgehead atoms. The van der Waals surface area contributed by atoms with Gasteiger partial charge in [-0.05, 0) is 43.7 Å². The van der Waals surface area contributed by atoms with Crippen LogP contribution in [0.5, 0.6) is 0 Å². The van der Waals surface area contributed by atoms with Gasteiger partial charge in [0.25, 0.3) is 10.0 Å². The minimum absolute atomic E-state index is 0.213. The lowest BCUT2D eigenvalue weighted by Gasteiger charge is -2.13. The van der Waals surface area contributed by atoms with E-state index in [2.05, 4.69) is 20.7 Å². The van der Waals surface area contributed by atoms with E-state index in [1.165, 1.54) is 0 Å². The molecular formula is C14H15BrN2O2S. The third-order valence-corrected chi connectivity index (χ3v) is 4.72. The summed E-state index contributed by atoms with van der Waals surface area (Å²) in [5.74, 6) is 0. The van der Waals surface area contributed by atoms with E-state index in [1.54, 1.807) is 37.3 Å². The number of sulfonamides is 1. The Morgan fingerprint density at radius 2 is 1.70 bits per heavy atom. The number of anilines is 2. The fourth-order valence-electron chi connectivity index (χ4n) is 1.82. The lowest BCUT2D eigenvalue weighted by atomic mass is 10.2. The molecule has 0 atom stereocenters. The first-order valence-corrected chi connectivity index (χ1v) is 8.22. The van der Waals surface area contributed by atoms with Gasteiger partial charge in [-0.2, -0.15) is 0 Å². The highest BCUT2D eigenvalue weighted by Gasteiger charge is 2.17. The topological polar surface area (TPSA) is 72.2 Å². The Labute approximate surface area is 127 Å². The Bertz CT molecular complexity index is 717. The number of hydrogen-bond donors (Lipinski definition) is 2. The highest BCUT2D eigenvalue weighted by atomic mass is 79.9. The number of nitrogens with one attached hydrogen (secondary N) is 1. The molecule has 3 N–H and O–H groups in total. The van der Waals surface area contributed by atoms with Crippen molar-refractivity contribution in [3.63, 3.8) is 0 Å². The van der Waals surface area contributed by atoms with Gasteiger partial charge < -0.3 is 5.73 Å². The summed E-state index contributed by atoms with van der Waals surface area (Å²) in [6.45, 7) is 3.70. The lowest BCUT2D eigenvalue weighted by molar-refractivity contribution is 0.601. The SMILES string of the molecule is Cc1ccc(S(=O)(=O)Nc2c(C)cc(Br)cc2N)cc1. The van der Waals surface area contributed by atoms with Crippen LogP contribution in [0.25, 0.3) is 0 Å². The standard InChI is InChI=1S/C14H15BrN2O2S/c1-9-3-5-12(6-4-9)20(18,19)17-14-10(2)7-11(15)8-13(14)16/h3-8,17H,16H2,1-2H3. The lowest BCUT2D eigenvalue weighted by Crippen LogP contribution is -2.15. The molecule has 20 heavy (non-hydrogen) atoms. The molecule has 0 aliphatic rings. The van der Waals surface area contributed by atoms with Crippen molar-refractivity contribution < 1.29 is 8.42 Å². The molecule has 6 heteroatoms. The van der Waals surface area contributed by atoms with E-state index in [0.717, 1.165) is 15.6 Å². The quantitative estimate of drug-likeness (QED) is 0.829. The molecule has 0 radical (unpaired) electrons. The van der Waals surface area contributed by atoms with Crippen LogP contribution in [-0.4, -0.2) is 8.42 Å². The second-order valence-corrected chi connectivity index (χ2v) is 7.20. The maximum Gasteiger partial charge on any atom is 0.261 e. The summed E-state index contributed by atoms with van der Waals surface area (Å²) in [5, 5.41) is 0. The molecule has 0 saturated heterocycles. The first-order chi connectivity index (χ1) is 9.29. The number of nitrogens with two attached hydrogens (primary N) is 1. The van der Waals surface area contributed by atoms with Gasteiger partial charge in [0.15, 0.2) is 0 Å². The van der Waals surface area contributed by atoms with E-state index in [0.29, 0.717) is 11.4 Å². The van der Waals surface area contributed by atoms with E-state index in [4.69, 9.17) is 5.73 Å². The van der Waals surface area contributed by atoms with Crippen LogP contribution in [0.4, 0.5) is 11.4 Å². The molecule has 2 rings (SSSR count). The van der Waals surface area contributed by atoms with Crippen LogP contribution in [0.3, 0.4) is 0 Å². The van der Waals surface area contributed by atoms with Crippen molar-refractivity contribution in [2.24, 2.45) is 0 Å². The summed E-state index contributed by atoms with van der Waals surface area (Å²) in [7, 11) is -3.63. The summed E-state index contributed by atoms with van der Waals surface area (Å²) in [6, 6.07) is 10.1. The minimum atomic E-state index is -3.63. The fraction of sp³-hybridized carbons (Fsp3) is 0.143. The summed E-state index contributed by atoms with van der Waals surface area (Å²) >= 11 is 3.32. The van der Waals surface area contributed by atoms with Gasteiger partial charge in [-0.15, -0.1) is 0 Å². The van der Waals surface area contributed by atoms with Crippen LogP contribution in [0.15, 0.2) is 45.8 Å². The molecule has 2 aromatic rings. The van der Waals surface area contributed by atoms with Crippen LogP contribution < -0.4 is 10.5 Å². The zero-order valence-electron chi connectivity index (χ0n) is 11.1. The Hall–Kier alpha value is -1.53. The molecule has 0 aliphatic carbocycles. The second-order valence-electron chi connectivity index (χ2n) is 4.61. The zero-order chi connectivity index (χ0) is 14.9. The number of rotatable bonds is 3. The maximum atomic E-state index is 12.3. The van der Waals surface area contributed by atoms with Crippen molar-refractivity contribution in [3.05, 3.63) is 52.0 Å². The average molecular weight is 355 g/mol. The highest BCUT2D eigenvalue weighted by molar-refractivity contribution is 9.10. The van der Waals surface area contributed by atoms with Gasteiger partial charge in [0.2, 0.25) is 0 Å². The number of aryl methyl sites for hydroxylation is 2. The van der Waals surface area contributed by atoms with E-state index in [9.17, 15) is 8.42 Å². The molecule has 0 saturated carbocycles. The van der Waals surface area contributed by atoms with Gasteiger partial charge in [-0.3, -0.25) is 4.72 Å². The monoisotopic (exact) mass is 354 g/mol. The molecular weight excluding hydrogens is 340 g/mol. The highest BCUT2D eigenvalue weighted by Crippen LogP contribution is 2.29. The molecule has 2 aromatic carbocycles.